The Morgan fingerprint density at radius 3 is 1.10 bits per heavy atom. The molecule has 1 aliphatic heterocycles. The van der Waals surface area contributed by atoms with Crippen molar-refractivity contribution < 1.29 is 50.0 Å². The van der Waals surface area contributed by atoms with E-state index in [0.29, 0.717) is 12.8 Å². The lowest BCUT2D eigenvalue weighted by molar-refractivity contribution is -0.303. The maximum absolute atomic E-state index is 13.2. The number of carbonyl (C=O) groups excluding carboxylic acids is 1. The summed E-state index contributed by atoms with van der Waals surface area (Å²) in [5.74, 6) is -0.706. The maximum Gasteiger partial charge on any atom is 0.249 e. The van der Waals surface area contributed by atoms with Gasteiger partial charge in [0.2, 0.25) is 5.91 Å². The fraction of sp³-hybridized carbons (Fsp3) is 0.925. The second kappa shape index (κ2) is 56.1. The molecule has 0 aliphatic carbocycles. The first-order valence-electron chi connectivity index (χ1n) is 33.7. The van der Waals surface area contributed by atoms with Gasteiger partial charge in [0.15, 0.2) is 6.29 Å². The third-order valence-electron chi connectivity index (χ3n) is 16.5. The van der Waals surface area contributed by atoms with Crippen molar-refractivity contribution in [3.8, 4) is 0 Å². The van der Waals surface area contributed by atoms with E-state index in [4.69, 9.17) is 9.47 Å². The lowest BCUT2D eigenvalue weighted by Crippen LogP contribution is -2.60. The van der Waals surface area contributed by atoms with Crippen LogP contribution in [0.2, 0.25) is 0 Å². The molecular formula is C67H129NO10. The van der Waals surface area contributed by atoms with E-state index in [0.717, 1.165) is 57.8 Å². The van der Waals surface area contributed by atoms with Gasteiger partial charge in [0, 0.05) is 0 Å². The Morgan fingerprint density at radius 2 is 0.756 bits per heavy atom. The molecular weight excluding hydrogens is 979 g/mol. The number of rotatable bonds is 59. The predicted molar refractivity (Wildman–Crippen MR) is 326 cm³/mol. The summed E-state index contributed by atoms with van der Waals surface area (Å²) in [5.41, 5.74) is 0. The lowest BCUT2D eigenvalue weighted by atomic mass is 9.98. The van der Waals surface area contributed by atoms with Crippen LogP contribution in [-0.2, 0) is 14.3 Å². The summed E-state index contributed by atoms with van der Waals surface area (Å²) < 4.78 is 11.2. The standard InChI is InChI=1S/C67H129NO10/c1-3-5-7-9-11-13-15-17-19-21-23-25-26-27-28-29-30-31-32-33-34-35-37-38-40-42-44-46-48-50-52-54-59(70)62(72)58(57-77-67-65(75)64(74)63(73)61(56-69)78-67)68-66(76)60(71)55-53-51-49-47-45-43-41-39-36-24-22-20-18-16-14-12-10-8-6-4-2/h36,39,46,48,58-65,67,69-75H,3-35,37-38,40-45,47,49-57H2,1-2H3,(H,68,76)/b39-36-,48-46+. The first kappa shape index (κ1) is 74.6. The minimum Gasteiger partial charge on any atom is -0.394 e. The summed E-state index contributed by atoms with van der Waals surface area (Å²) in [5, 5.41) is 76.4. The zero-order chi connectivity index (χ0) is 56.8. The number of carbonyl (C=O) groups is 1. The van der Waals surface area contributed by atoms with Crippen molar-refractivity contribution in [3.63, 3.8) is 0 Å². The number of amides is 1. The van der Waals surface area contributed by atoms with Crippen molar-refractivity contribution in [2.75, 3.05) is 13.2 Å². The van der Waals surface area contributed by atoms with Crippen LogP contribution in [0.4, 0.5) is 0 Å². The first-order chi connectivity index (χ1) is 38.2. The Hall–Kier alpha value is -1.41. The van der Waals surface area contributed by atoms with Gasteiger partial charge in [-0.2, -0.15) is 0 Å². The van der Waals surface area contributed by atoms with Crippen molar-refractivity contribution in [3.05, 3.63) is 24.3 Å². The van der Waals surface area contributed by atoms with E-state index in [1.54, 1.807) is 0 Å². The van der Waals surface area contributed by atoms with E-state index in [1.807, 2.05) is 0 Å². The maximum atomic E-state index is 13.2. The number of unbranched alkanes of at least 4 members (excludes halogenated alkanes) is 43. The van der Waals surface area contributed by atoms with Gasteiger partial charge >= 0.3 is 0 Å². The predicted octanol–water partition coefficient (Wildman–Crippen LogP) is 15.6. The summed E-state index contributed by atoms with van der Waals surface area (Å²) in [6.45, 7) is 3.49. The summed E-state index contributed by atoms with van der Waals surface area (Å²) in [6, 6.07) is -1.19. The molecule has 11 nitrogen and oxygen atoms in total. The molecule has 9 unspecified atom stereocenters. The molecule has 0 spiro atoms. The Bertz CT molecular complexity index is 1320. The van der Waals surface area contributed by atoms with Gasteiger partial charge in [0.05, 0.1) is 25.4 Å². The minimum atomic E-state index is -1.67. The summed E-state index contributed by atoms with van der Waals surface area (Å²) in [6.07, 6.45) is 58.3. The quantitative estimate of drug-likeness (QED) is 0.0215. The summed E-state index contributed by atoms with van der Waals surface area (Å²) in [4.78, 5) is 13.2. The molecule has 1 aliphatic rings. The van der Waals surface area contributed by atoms with Crippen LogP contribution in [0.1, 0.15) is 328 Å². The highest BCUT2D eigenvalue weighted by Crippen LogP contribution is 2.24. The van der Waals surface area contributed by atoms with Crippen LogP contribution < -0.4 is 5.32 Å². The molecule has 0 aromatic carbocycles. The molecule has 0 radical (unpaired) electrons. The molecule has 1 saturated heterocycles. The van der Waals surface area contributed by atoms with Crippen LogP contribution in [0.5, 0.6) is 0 Å². The second-order valence-corrected chi connectivity index (χ2v) is 23.9. The number of hydrogen-bond donors (Lipinski definition) is 8. The molecule has 0 saturated carbocycles. The van der Waals surface area contributed by atoms with Crippen LogP contribution in [0.3, 0.4) is 0 Å². The molecule has 0 aromatic rings. The molecule has 0 bridgehead atoms. The zero-order valence-electron chi connectivity index (χ0n) is 50.9. The van der Waals surface area contributed by atoms with Gasteiger partial charge in [-0.25, -0.2) is 0 Å². The molecule has 462 valence electrons. The molecule has 1 fully saturated rings. The molecule has 0 aromatic heterocycles. The third-order valence-corrected chi connectivity index (χ3v) is 16.5. The average molecular weight is 1110 g/mol. The molecule has 9 atom stereocenters. The van der Waals surface area contributed by atoms with Gasteiger partial charge in [-0.15, -0.1) is 0 Å². The number of ether oxygens (including phenoxy) is 2. The Morgan fingerprint density at radius 1 is 0.436 bits per heavy atom. The zero-order valence-corrected chi connectivity index (χ0v) is 50.9. The van der Waals surface area contributed by atoms with Gasteiger partial charge in [-0.3, -0.25) is 4.79 Å². The van der Waals surface area contributed by atoms with Crippen molar-refractivity contribution >= 4 is 5.91 Å². The highest BCUT2D eigenvalue weighted by atomic mass is 16.7. The number of hydrogen-bond acceptors (Lipinski definition) is 10. The minimum absolute atomic E-state index is 0.248. The number of aliphatic hydroxyl groups excluding tert-OH is 7. The SMILES string of the molecule is CCCCCCCCCCCC/C=C\CCCCCCCCC(O)C(=O)NC(COC1OC(CO)C(O)C(O)C1O)C(O)C(O)CCC/C=C/CCCCCCCCCCCCCCCCCCCCCCCCCCCC. The Kier molecular flexibility index (Phi) is 53.6. The van der Waals surface area contributed by atoms with Crippen molar-refractivity contribution in [2.45, 2.75) is 384 Å². The number of allylic oxidation sites excluding steroid dienone is 4. The van der Waals surface area contributed by atoms with Crippen LogP contribution in [-0.4, -0.2) is 110 Å². The van der Waals surface area contributed by atoms with E-state index in [2.05, 4.69) is 43.5 Å². The van der Waals surface area contributed by atoms with E-state index in [-0.39, 0.29) is 12.8 Å². The molecule has 1 rings (SSSR count). The Labute approximate surface area is 480 Å². The van der Waals surface area contributed by atoms with Gasteiger partial charge in [0.1, 0.15) is 36.6 Å². The lowest BCUT2D eigenvalue weighted by Gasteiger charge is -2.40. The first-order valence-corrected chi connectivity index (χ1v) is 33.7. The molecule has 1 amide bonds. The van der Waals surface area contributed by atoms with Crippen molar-refractivity contribution in [1.29, 1.82) is 0 Å². The molecule has 8 N–H and O–H groups in total. The fourth-order valence-corrected chi connectivity index (χ4v) is 11.0. The summed E-state index contributed by atoms with van der Waals surface area (Å²) in [7, 11) is 0. The van der Waals surface area contributed by atoms with E-state index >= 15 is 0 Å². The highest BCUT2D eigenvalue weighted by molar-refractivity contribution is 5.80. The normalized spacial score (nSPS) is 19.5. The smallest absolute Gasteiger partial charge is 0.249 e. The molecule has 1 heterocycles. The largest absolute Gasteiger partial charge is 0.394 e. The third kappa shape index (κ3) is 43.3. The van der Waals surface area contributed by atoms with Gasteiger partial charge < -0.3 is 50.5 Å². The van der Waals surface area contributed by atoms with Crippen molar-refractivity contribution in [1.82, 2.24) is 5.32 Å². The van der Waals surface area contributed by atoms with E-state index in [9.17, 15) is 40.5 Å². The van der Waals surface area contributed by atoms with Gasteiger partial charge in [-0.1, -0.05) is 289 Å². The van der Waals surface area contributed by atoms with Crippen LogP contribution in [0, 0.1) is 0 Å². The fourth-order valence-electron chi connectivity index (χ4n) is 11.0. The van der Waals surface area contributed by atoms with Crippen LogP contribution >= 0.6 is 0 Å². The van der Waals surface area contributed by atoms with Crippen LogP contribution in [0.15, 0.2) is 24.3 Å². The van der Waals surface area contributed by atoms with Crippen LogP contribution in [0.25, 0.3) is 0 Å². The van der Waals surface area contributed by atoms with Gasteiger partial charge in [0.25, 0.3) is 0 Å². The van der Waals surface area contributed by atoms with E-state index in [1.165, 1.54) is 231 Å². The monoisotopic (exact) mass is 1110 g/mol. The number of aliphatic hydroxyl groups is 7. The Balaban J connectivity index is 2.22. The van der Waals surface area contributed by atoms with Gasteiger partial charge in [-0.05, 0) is 64.2 Å². The average Bonchev–Trinajstić information content (AvgIpc) is 3.46. The molecule has 11 heteroatoms. The van der Waals surface area contributed by atoms with E-state index < -0.39 is 74.2 Å². The molecule has 78 heavy (non-hydrogen) atoms. The highest BCUT2D eigenvalue weighted by Gasteiger charge is 2.44. The second-order valence-electron chi connectivity index (χ2n) is 23.9. The van der Waals surface area contributed by atoms with Crippen molar-refractivity contribution in [2.24, 2.45) is 0 Å². The summed E-state index contributed by atoms with van der Waals surface area (Å²) >= 11 is 0. The topological polar surface area (TPSA) is 189 Å². The number of nitrogens with one attached hydrogen (secondary N) is 1.